The monoisotopic (exact) mass is 829 g/mol. The van der Waals surface area contributed by atoms with Crippen LogP contribution in [0.3, 0.4) is 0 Å². The summed E-state index contributed by atoms with van der Waals surface area (Å²) in [4.78, 5) is 12.9. The van der Waals surface area contributed by atoms with Crippen LogP contribution in [0.25, 0.3) is 0 Å². The SMILES string of the molecule is CCCCCCCCCC(O)C(COC1OC(CO)C(OC2OC(CO)C(OC3OC(CO)C(O)C(O)C3O)C(O)C2O)C(O)C1O)NC(=O)CCCCCCC. The van der Waals surface area contributed by atoms with Crippen molar-refractivity contribution in [2.45, 2.75) is 208 Å². The van der Waals surface area contributed by atoms with E-state index < -0.39 is 124 Å². The number of carbonyl (C=O) groups is 1. The van der Waals surface area contributed by atoms with E-state index in [1.165, 1.54) is 6.42 Å². The Morgan fingerprint density at radius 2 is 1.00 bits per heavy atom. The number of nitrogens with one attached hydrogen (secondary N) is 1. The summed E-state index contributed by atoms with van der Waals surface area (Å²) >= 11 is 0. The summed E-state index contributed by atoms with van der Waals surface area (Å²) in [6, 6.07) is -0.872. The zero-order chi connectivity index (χ0) is 42.1. The summed E-state index contributed by atoms with van der Waals surface area (Å²) in [6.07, 6.45) is -13.8. The summed E-state index contributed by atoms with van der Waals surface area (Å²) in [5, 5.41) is 118. The fourth-order valence-electron chi connectivity index (χ4n) is 7.31. The van der Waals surface area contributed by atoms with Crippen molar-refractivity contribution in [3.63, 3.8) is 0 Å². The molecule has 19 heteroatoms. The lowest BCUT2D eigenvalue weighted by Crippen LogP contribution is -2.66. The molecular formula is C38H71NO18. The highest BCUT2D eigenvalue weighted by Crippen LogP contribution is 2.33. The van der Waals surface area contributed by atoms with Gasteiger partial charge in [0.15, 0.2) is 18.9 Å². The topological polar surface area (TPSA) is 307 Å². The summed E-state index contributed by atoms with van der Waals surface area (Å²) in [5.74, 6) is -0.263. The molecule has 0 bridgehead atoms. The molecule has 57 heavy (non-hydrogen) atoms. The molecule has 0 aromatic carbocycles. The molecule has 0 saturated carbocycles. The van der Waals surface area contributed by atoms with Crippen molar-refractivity contribution < 1.29 is 89.4 Å². The predicted octanol–water partition coefficient (Wildman–Crippen LogP) is -2.20. The van der Waals surface area contributed by atoms with Gasteiger partial charge in [0.05, 0.1) is 38.6 Å². The standard InChI is InChI=1S/C38H71NO18/c1-3-5-7-9-10-12-13-15-22(43)21(39-26(44)16-14-11-8-6-4-2)20-52-36-32(50)29(47)34(24(18-41)54-36)57-38-33(51)30(48)35(25(19-42)55-38)56-37-31(49)28(46)27(45)23(17-40)53-37/h21-25,27-38,40-43,45-51H,3-20H2,1-2H3,(H,39,44). The van der Waals surface area contributed by atoms with Gasteiger partial charge < -0.3 is 89.9 Å². The maximum absolute atomic E-state index is 12.9. The summed E-state index contributed by atoms with van der Waals surface area (Å²) in [5.41, 5.74) is 0. The van der Waals surface area contributed by atoms with Crippen LogP contribution in [0.5, 0.6) is 0 Å². The van der Waals surface area contributed by atoms with Crippen LogP contribution in [0, 0.1) is 0 Å². The average molecular weight is 830 g/mol. The Labute approximate surface area is 334 Å². The number of aliphatic hydroxyl groups excluding tert-OH is 11. The number of amides is 1. The number of ether oxygens (including phenoxy) is 6. The third-order valence-corrected chi connectivity index (χ3v) is 10.9. The van der Waals surface area contributed by atoms with Gasteiger partial charge in [-0.05, 0) is 12.8 Å². The van der Waals surface area contributed by atoms with E-state index in [9.17, 15) is 61.0 Å². The van der Waals surface area contributed by atoms with Gasteiger partial charge in [-0.15, -0.1) is 0 Å². The Morgan fingerprint density at radius 3 is 1.53 bits per heavy atom. The molecule has 1 amide bonds. The number of rotatable bonds is 26. The highest BCUT2D eigenvalue weighted by Gasteiger charge is 2.53. The van der Waals surface area contributed by atoms with E-state index in [1.54, 1.807) is 0 Å². The van der Waals surface area contributed by atoms with Gasteiger partial charge in [0, 0.05) is 6.42 Å². The number of hydrogen-bond acceptors (Lipinski definition) is 18. The second-order valence-electron chi connectivity index (χ2n) is 15.5. The lowest BCUT2D eigenvalue weighted by Gasteiger charge is -2.48. The average Bonchev–Trinajstić information content (AvgIpc) is 3.20. The molecule has 0 spiro atoms. The Kier molecular flexibility index (Phi) is 23.0. The molecule has 3 rings (SSSR count). The van der Waals surface area contributed by atoms with E-state index in [4.69, 9.17) is 28.4 Å². The van der Waals surface area contributed by atoms with Gasteiger partial charge in [-0.2, -0.15) is 0 Å². The first-order valence-corrected chi connectivity index (χ1v) is 20.8. The molecule has 3 aliphatic heterocycles. The van der Waals surface area contributed by atoms with Crippen molar-refractivity contribution in [3.8, 4) is 0 Å². The Bertz CT molecular complexity index is 1090. The minimum atomic E-state index is -1.96. The predicted molar refractivity (Wildman–Crippen MR) is 199 cm³/mol. The molecule has 3 aliphatic rings. The van der Waals surface area contributed by atoms with Crippen molar-refractivity contribution in [1.29, 1.82) is 0 Å². The van der Waals surface area contributed by atoms with Gasteiger partial charge in [-0.25, -0.2) is 0 Å². The first kappa shape index (κ1) is 50.1. The Hall–Kier alpha value is -1.21. The van der Waals surface area contributed by atoms with E-state index in [2.05, 4.69) is 19.2 Å². The maximum Gasteiger partial charge on any atom is 0.220 e. The Balaban J connectivity index is 1.62. The fourth-order valence-corrected chi connectivity index (χ4v) is 7.31. The summed E-state index contributed by atoms with van der Waals surface area (Å²) in [7, 11) is 0. The molecule has 336 valence electrons. The van der Waals surface area contributed by atoms with E-state index in [1.807, 2.05) is 0 Å². The summed E-state index contributed by atoms with van der Waals surface area (Å²) < 4.78 is 33.8. The van der Waals surface area contributed by atoms with Crippen LogP contribution in [0.15, 0.2) is 0 Å². The Morgan fingerprint density at radius 1 is 0.561 bits per heavy atom. The van der Waals surface area contributed by atoms with Crippen LogP contribution in [0.1, 0.15) is 104 Å². The highest BCUT2D eigenvalue weighted by atomic mass is 16.8. The summed E-state index contributed by atoms with van der Waals surface area (Å²) in [6.45, 7) is 1.55. The number of hydrogen-bond donors (Lipinski definition) is 12. The molecule has 12 N–H and O–H groups in total. The smallest absolute Gasteiger partial charge is 0.220 e. The molecule has 19 nitrogen and oxygen atoms in total. The van der Waals surface area contributed by atoms with Gasteiger partial charge in [0.1, 0.15) is 73.2 Å². The fraction of sp³-hybridized carbons (Fsp3) is 0.974. The van der Waals surface area contributed by atoms with E-state index >= 15 is 0 Å². The van der Waals surface area contributed by atoms with Crippen molar-refractivity contribution in [2.75, 3.05) is 26.4 Å². The van der Waals surface area contributed by atoms with Crippen LogP contribution in [-0.2, 0) is 33.2 Å². The minimum absolute atomic E-state index is 0.263. The highest BCUT2D eigenvalue weighted by molar-refractivity contribution is 5.76. The number of unbranched alkanes of at least 4 members (excludes halogenated alkanes) is 10. The van der Waals surface area contributed by atoms with E-state index in [0.29, 0.717) is 12.8 Å². The molecule has 17 unspecified atom stereocenters. The molecule has 3 saturated heterocycles. The molecule has 0 radical (unpaired) electrons. The van der Waals surface area contributed by atoms with E-state index in [-0.39, 0.29) is 18.9 Å². The first-order chi connectivity index (χ1) is 27.3. The van der Waals surface area contributed by atoms with E-state index in [0.717, 1.165) is 64.2 Å². The normalized spacial score (nSPS) is 37.2. The number of carbonyl (C=O) groups excluding carboxylic acids is 1. The number of aliphatic hydroxyl groups is 11. The molecule has 0 aliphatic carbocycles. The zero-order valence-corrected chi connectivity index (χ0v) is 33.3. The minimum Gasteiger partial charge on any atom is -0.394 e. The van der Waals surface area contributed by atoms with Crippen molar-refractivity contribution in [1.82, 2.24) is 5.32 Å². The lowest BCUT2D eigenvalue weighted by atomic mass is 9.96. The van der Waals surface area contributed by atoms with Crippen LogP contribution in [0.2, 0.25) is 0 Å². The van der Waals surface area contributed by atoms with Gasteiger partial charge in [-0.3, -0.25) is 4.79 Å². The van der Waals surface area contributed by atoms with Crippen LogP contribution >= 0.6 is 0 Å². The van der Waals surface area contributed by atoms with Crippen LogP contribution < -0.4 is 5.32 Å². The third kappa shape index (κ3) is 14.7. The van der Waals surface area contributed by atoms with Crippen molar-refractivity contribution in [3.05, 3.63) is 0 Å². The molecule has 0 aromatic rings. The van der Waals surface area contributed by atoms with Crippen molar-refractivity contribution in [2.24, 2.45) is 0 Å². The second-order valence-corrected chi connectivity index (χ2v) is 15.5. The molecule has 3 fully saturated rings. The third-order valence-electron chi connectivity index (χ3n) is 10.9. The van der Waals surface area contributed by atoms with Crippen molar-refractivity contribution >= 4 is 5.91 Å². The van der Waals surface area contributed by atoms with Gasteiger partial charge >= 0.3 is 0 Å². The lowest BCUT2D eigenvalue weighted by molar-refractivity contribution is -0.379. The van der Waals surface area contributed by atoms with Gasteiger partial charge in [0.2, 0.25) is 5.91 Å². The molecular weight excluding hydrogens is 758 g/mol. The quantitative estimate of drug-likeness (QED) is 0.0412. The maximum atomic E-state index is 12.9. The van der Waals surface area contributed by atoms with Crippen LogP contribution in [0.4, 0.5) is 0 Å². The first-order valence-electron chi connectivity index (χ1n) is 20.8. The second kappa shape index (κ2) is 26.2. The molecule has 17 atom stereocenters. The molecule has 0 aromatic heterocycles. The zero-order valence-electron chi connectivity index (χ0n) is 33.3. The molecule has 3 heterocycles. The van der Waals surface area contributed by atoms with Crippen LogP contribution in [-0.4, -0.2) is 193 Å². The van der Waals surface area contributed by atoms with Gasteiger partial charge in [-0.1, -0.05) is 84.5 Å². The largest absolute Gasteiger partial charge is 0.394 e. The van der Waals surface area contributed by atoms with Gasteiger partial charge in [0.25, 0.3) is 0 Å².